The van der Waals surface area contributed by atoms with Gasteiger partial charge in [0.15, 0.2) is 6.61 Å². The van der Waals surface area contributed by atoms with Gasteiger partial charge in [0.05, 0.1) is 18.1 Å². The van der Waals surface area contributed by atoms with Crippen LogP contribution in [0.5, 0.6) is 0 Å². The predicted octanol–water partition coefficient (Wildman–Crippen LogP) is 1.52. The molecule has 8 nitrogen and oxygen atoms in total. The van der Waals surface area contributed by atoms with Gasteiger partial charge < -0.3 is 14.4 Å². The maximum Gasteiger partial charge on any atom is 0.331 e. The number of nitrogens with zero attached hydrogens (tertiary/aromatic N) is 2. The zero-order valence-electron chi connectivity index (χ0n) is 17.2. The molecule has 0 atom stereocenters. The molecule has 9 heteroatoms. The number of ether oxygens (including phenoxy) is 2. The fraction of sp³-hybridized carbons (Fsp3) is 0.524. The second kappa shape index (κ2) is 10.2. The standard InChI is InChI=1S/C21H28N2O6S/c1-17-8-10-22(11-9-17)20(24)16-29-21(25)7-4-18-2-5-19(6-3-18)30(26,27)23-12-14-28-15-13-23/h2-7,17H,8-16H2,1H3. The van der Waals surface area contributed by atoms with Crippen molar-refractivity contribution < 1.29 is 27.5 Å². The molecular formula is C21H28N2O6S. The fourth-order valence-corrected chi connectivity index (χ4v) is 4.79. The molecule has 0 radical (unpaired) electrons. The minimum atomic E-state index is -3.55. The molecule has 0 bridgehead atoms. The van der Waals surface area contributed by atoms with Crippen molar-refractivity contribution in [1.82, 2.24) is 9.21 Å². The summed E-state index contributed by atoms with van der Waals surface area (Å²) in [5, 5.41) is 0. The Labute approximate surface area is 177 Å². The van der Waals surface area contributed by atoms with Crippen LogP contribution in [0.3, 0.4) is 0 Å². The van der Waals surface area contributed by atoms with Crippen LogP contribution < -0.4 is 0 Å². The Kier molecular flexibility index (Phi) is 7.63. The Hall–Kier alpha value is -2.23. The van der Waals surface area contributed by atoms with Crippen LogP contribution in [0.4, 0.5) is 0 Å². The van der Waals surface area contributed by atoms with Crippen LogP contribution in [0.2, 0.25) is 0 Å². The molecular weight excluding hydrogens is 408 g/mol. The average molecular weight is 437 g/mol. The minimum absolute atomic E-state index is 0.179. The number of hydrogen-bond acceptors (Lipinski definition) is 6. The molecule has 0 N–H and O–H groups in total. The molecule has 2 aliphatic heterocycles. The highest BCUT2D eigenvalue weighted by atomic mass is 32.2. The van der Waals surface area contributed by atoms with Gasteiger partial charge >= 0.3 is 5.97 Å². The Morgan fingerprint density at radius 3 is 2.37 bits per heavy atom. The number of carbonyl (C=O) groups is 2. The average Bonchev–Trinajstić information content (AvgIpc) is 2.77. The van der Waals surface area contributed by atoms with Gasteiger partial charge in [-0.05, 0) is 42.5 Å². The third kappa shape index (κ3) is 5.90. The number of benzene rings is 1. The molecule has 164 valence electrons. The number of likely N-dealkylation sites (tertiary alicyclic amines) is 1. The number of esters is 1. The van der Waals surface area contributed by atoms with Crippen molar-refractivity contribution in [3.8, 4) is 0 Å². The van der Waals surface area contributed by atoms with Crippen LogP contribution in [0, 0.1) is 5.92 Å². The number of hydrogen-bond donors (Lipinski definition) is 0. The van der Waals surface area contributed by atoms with E-state index < -0.39 is 16.0 Å². The Morgan fingerprint density at radius 1 is 1.10 bits per heavy atom. The largest absolute Gasteiger partial charge is 0.452 e. The zero-order valence-corrected chi connectivity index (χ0v) is 18.0. The summed E-state index contributed by atoms with van der Waals surface area (Å²) in [4.78, 5) is 25.9. The van der Waals surface area contributed by atoms with Crippen molar-refractivity contribution in [3.05, 3.63) is 35.9 Å². The molecule has 2 aliphatic rings. The lowest BCUT2D eigenvalue weighted by atomic mass is 9.99. The van der Waals surface area contributed by atoms with Crippen molar-refractivity contribution in [3.63, 3.8) is 0 Å². The number of morpholine rings is 1. The van der Waals surface area contributed by atoms with E-state index in [2.05, 4.69) is 6.92 Å². The molecule has 0 aromatic heterocycles. The van der Waals surface area contributed by atoms with E-state index in [4.69, 9.17) is 9.47 Å². The molecule has 1 aromatic rings. The summed E-state index contributed by atoms with van der Waals surface area (Å²) in [5.74, 6) is -0.171. The first-order chi connectivity index (χ1) is 14.4. The third-order valence-corrected chi connectivity index (χ3v) is 7.29. The van der Waals surface area contributed by atoms with Gasteiger partial charge in [-0.25, -0.2) is 13.2 Å². The zero-order chi connectivity index (χ0) is 21.6. The van der Waals surface area contributed by atoms with Crippen molar-refractivity contribution in [1.29, 1.82) is 0 Å². The van der Waals surface area contributed by atoms with Gasteiger partial charge in [0.2, 0.25) is 10.0 Å². The third-order valence-electron chi connectivity index (χ3n) is 5.37. The van der Waals surface area contributed by atoms with Gasteiger partial charge in [-0.3, -0.25) is 4.79 Å². The quantitative estimate of drug-likeness (QED) is 0.496. The first-order valence-corrected chi connectivity index (χ1v) is 11.6. The Balaban J connectivity index is 1.49. The van der Waals surface area contributed by atoms with Gasteiger partial charge in [-0.15, -0.1) is 0 Å². The monoisotopic (exact) mass is 436 g/mol. The van der Waals surface area contributed by atoms with Crippen molar-refractivity contribution >= 4 is 28.0 Å². The van der Waals surface area contributed by atoms with Gasteiger partial charge in [-0.2, -0.15) is 4.31 Å². The molecule has 3 rings (SSSR count). The van der Waals surface area contributed by atoms with Gasteiger partial charge in [0, 0.05) is 32.3 Å². The van der Waals surface area contributed by atoms with Crippen LogP contribution >= 0.6 is 0 Å². The summed E-state index contributed by atoms with van der Waals surface area (Å²) in [7, 11) is -3.55. The fourth-order valence-electron chi connectivity index (χ4n) is 3.38. The molecule has 2 saturated heterocycles. The number of amides is 1. The van der Waals surface area contributed by atoms with E-state index in [0.717, 1.165) is 12.8 Å². The highest BCUT2D eigenvalue weighted by Gasteiger charge is 2.26. The molecule has 0 unspecified atom stereocenters. The SMILES string of the molecule is CC1CCN(C(=O)COC(=O)C=Cc2ccc(S(=O)(=O)N3CCOCC3)cc2)CC1. The Morgan fingerprint density at radius 2 is 1.73 bits per heavy atom. The van der Waals surface area contributed by atoms with E-state index in [1.807, 2.05) is 0 Å². The first-order valence-electron chi connectivity index (χ1n) is 10.2. The number of rotatable bonds is 6. The highest BCUT2D eigenvalue weighted by molar-refractivity contribution is 7.89. The lowest BCUT2D eigenvalue weighted by Gasteiger charge is -2.30. The highest BCUT2D eigenvalue weighted by Crippen LogP contribution is 2.18. The number of carbonyl (C=O) groups excluding carboxylic acids is 2. The van der Waals surface area contributed by atoms with Crippen molar-refractivity contribution in [2.24, 2.45) is 5.92 Å². The molecule has 0 saturated carbocycles. The van der Waals surface area contributed by atoms with Crippen LogP contribution in [0.15, 0.2) is 35.2 Å². The van der Waals surface area contributed by atoms with Crippen molar-refractivity contribution in [2.45, 2.75) is 24.7 Å². The van der Waals surface area contributed by atoms with E-state index in [9.17, 15) is 18.0 Å². The molecule has 0 aliphatic carbocycles. The summed E-state index contributed by atoms with van der Waals surface area (Å²) in [5.41, 5.74) is 0.657. The number of piperidine rings is 1. The number of sulfonamides is 1. The smallest absolute Gasteiger partial charge is 0.331 e. The van der Waals surface area contributed by atoms with Crippen LogP contribution in [0.25, 0.3) is 6.08 Å². The molecule has 0 spiro atoms. The van der Waals surface area contributed by atoms with E-state index in [1.54, 1.807) is 17.0 Å². The summed E-state index contributed by atoms with van der Waals surface area (Å²) in [6.07, 6.45) is 4.70. The summed E-state index contributed by atoms with van der Waals surface area (Å²) >= 11 is 0. The predicted molar refractivity (Wildman–Crippen MR) is 111 cm³/mol. The maximum atomic E-state index is 12.6. The van der Waals surface area contributed by atoms with E-state index in [-0.39, 0.29) is 17.4 Å². The van der Waals surface area contributed by atoms with Crippen LogP contribution in [0.1, 0.15) is 25.3 Å². The molecule has 1 amide bonds. The van der Waals surface area contributed by atoms with Crippen LogP contribution in [-0.4, -0.2) is 75.5 Å². The van der Waals surface area contributed by atoms with Gasteiger partial charge in [0.1, 0.15) is 0 Å². The molecule has 2 heterocycles. The lowest BCUT2D eigenvalue weighted by Crippen LogP contribution is -2.40. The summed E-state index contributed by atoms with van der Waals surface area (Å²) < 4.78 is 36.8. The topological polar surface area (TPSA) is 93.2 Å². The summed E-state index contributed by atoms with van der Waals surface area (Å²) in [6, 6.07) is 6.27. The first kappa shape index (κ1) is 22.5. The molecule has 30 heavy (non-hydrogen) atoms. The van der Waals surface area contributed by atoms with E-state index in [1.165, 1.54) is 28.6 Å². The minimum Gasteiger partial charge on any atom is -0.452 e. The van der Waals surface area contributed by atoms with Gasteiger partial charge in [0.25, 0.3) is 5.91 Å². The maximum absolute atomic E-state index is 12.6. The second-order valence-corrected chi connectivity index (χ2v) is 9.53. The normalized spacial score (nSPS) is 19.2. The molecule has 2 fully saturated rings. The van der Waals surface area contributed by atoms with Crippen molar-refractivity contribution in [2.75, 3.05) is 46.0 Å². The Bertz CT molecular complexity index is 867. The summed E-state index contributed by atoms with van der Waals surface area (Å²) in [6.45, 7) is 4.75. The lowest BCUT2D eigenvalue weighted by molar-refractivity contribution is -0.148. The molecule has 1 aromatic carbocycles. The second-order valence-electron chi connectivity index (χ2n) is 7.59. The van der Waals surface area contributed by atoms with Crippen LogP contribution in [-0.2, 0) is 29.1 Å². The van der Waals surface area contributed by atoms with E-state index >= 15 is 0 Å². The van der Waals surface area contributed by atoms with E-state index in [0.29, 0.717) is 50.9 Å². The van der Waals surface area contributed by atoms with Gasteiger partial charge in [-0.1, -0.05) is 19.1 Å².